The molecule has 33 heavy (non-hydrogen) atoms. The first-order chi connectivity index (χ1) is 15.7. The molecular formula is C26H26N2O5. The number of aryl methyl sites for hydroxylation is 1. The molecule has 1 amide bonds. The summed E-state index contributed by atoms with van der Waals surface area (Å²) in [6.45, 7) is 5.45. The fourth-order valence-corrected chi connectivity index (χ4v) is 3.77. The van der Waals surface area contributed by atoms with Crippen LogP contribution in [0.3, 0.4) is 0 Å². The number of ether oxygens (including phenoxy) is 2. The molecule has 0 fully saturated rings. The molecule has 3 N–H and O–H groups in total. The average molecular weight is 447 g/mol. The van der Waals surface area contributed by atoms with Gasteiger partial charge < -0.3 is 25.2 Å². The average Bonchev–Trinajstić information content (AvgIpc) is 2.78. The predicted molar refractivity (Wildman–Crippen MR) is 127 cm³/mol. The van der Waals surface area contributed by atoms with Gasteiger partial charge in [-0.1, -0.05) is 23.8 Å². The van der Waals surface area contributed by atoms with Gasteiger partial charge in [0.25, 0.3) is 0 Å². The number of nitrogens with one attached hydrogen (secondary N) is 2. The number of anilines is 2. The van der Waals surface area contributed by atoms with E-state index in [-0.39, 0.29) is 18.3 Å². The van der Waals surface area contributed by atoms with Gasteiger partial charge in [-0.2, -0.15) is 0 Å². The first-order valence-corrected chi connectivity index (χ1v) is 10.6. The SMILES string of the molecule is COc1cc(O)ccc1-c1ccc2c(c1COC(=O)c1ccc(C)cc1)NC(=O)C(C)(C)N2. The molecule has 0 saturated carbocycles. The van der Waals surface area contributed by atoms with E-state index in [0.717, 1.165) is 11.3 Å². The molecule has 0 spiro atoms. The topological polar surface area (TPSA) is 96.9 Å². The van der Waals surface area contributed by atoms with Crippen molar-refractivity contribution in [2.75, 3.05) is 17.7 Å². The van der Waals surface area contributed by atoms with Crippen molar-refractivity contribution in [2.24, 2.45) is 0 Å². The standard InChI is InChI=1S/C26H26N2O5/c1-15-5-7-16(8-6-15)24(30)33-14-20-18(19-10-9-17(29)13-22(19)32-4)11-12-21-23(20)27-25(31)26(2,3)28-21/h5-13,28-29H,14H2,1-4H3,(H,27,31). The Balaban J connectivity index is 1.78. The summed E-state index contributed by atoms with van der Waals surface area (Å²) in [4.78, 5) is 25.4. The van der Waals surface area contributed by atoms with Crippen LogP contribution in [0.15, 0.2) is 54.6 Å². The van der Waals surface area contributed by atoms with E-state index in [1.165, 1.54) is 13.2 Å². The second-order valence-electron chi connectivity index (χ2n) is 8.55. The Hall–Kier alpha value is -4.00. The van der Waals surface area contributed by atoms with Gasteiger partial charge in [0.05, 0.1) is 24.0 Å². The molecule has 0 bridgehead atoms. The zero-order chi connectivity index (χ0) is 23.8. The maximum Gasteiger partial charge on any atom is 0.338 e. The molecule has 4 rings (SSSR count). The fourth-order valence-electron chi connectivity index (χ4n) is 3.77. The first kappa shape index (κ1) is 22.2. The number of carbonyl (C=O) groups excluding carboxylic acids is 2. The van der Waals surface area contributed by atoms with Crippen LogP contribution in [0.1, 0.15) is 35.3 Å². The lowest BCUT2D eigenvalue weighted by atomic mass is 9.92. The molecule has 3 aromatic rings. The van der Waals surface area contributed by atoms with Crippen LogP contribution < -0.4 is 15.4 Å². The van der Waals surface area contributed by atoms with Crippen LogP contribution in [0.25, 0.3) is 11.1 Å². The third kappa shape index (κ3) is 4.35. The molecule has 3 aromatic carbocycles. The number of methoxy groups -OCH3 is 1. The number of aromatic hydroxyl groups is 1. The first-order valence-electron chi connectivity index (χ1n) is 10.6. The van der Waals surface area contributed by atoms with Crippen LogP contribution in [-0.4, -0.2) is 29.6 Å². The number of amides is 1. The van der Waals surface area contributed by atoms with Gasteiger partial charge in [-0.3, -0.25) is 4.79 Å². The van der Waals surface area contributed by atoms with Gasteiger partial charge in [0.1, 0.15) is 23.6 Å². The number of fused-ring (bicyclic) bond motifs is 1. The number of rotatable bonds is 5. The number of phenolic OH excluding ortho intramolecular Hbond substituents is 1. The number of esters is 1. The zero-order valence-corrected chi connectivity index (χ0v) is 19.0. The van der Waals surface area contributed by atoms with E-state index in [4.69, 9.17) is 9.47 Å². The number of hydrogen-bond donors (Lipinski definition) is 3. The second-order valence-corrected chi connectivity index (χ2v) is 8.55. The highest BCUT2D eigenvalue weighted by molar-refractivity contribution is 6.07. The van der Waals surface area contributed by atoms with E-state index in [2.05, 4.69) is 10.6 Å². The second kappa shape index (κ2) is 8.50. The van der Waals surface area contributed by atoms with Crippen molar-refractivity contribution < 1.29 is 24.2 Å². The van der Waals surface area contributed by atoms with Crippen LogP contribution in [0, 0.1) is 6.92 Å². The van der Waals surface area contributed by atoms with Gasteiger partial charge in [0, 0.05) is 17.2 Å². The lowest BCUT2D eigenvalue weighted by Crippen LogP contribution is -2.47. The third-order valence-corrected chi connectivity index (χ3v) is 5.68. The van der Waals surface area contributed by atoms with E-state index in [9.17, 15) is 14.7 Å². The molecule has 170 valence electrons. The molecule has 0 radical (unpaired) electrons. The van der Waals surface area contributed by atoms with Gasteiger partial charge in [0.2, 0.25) is 5.91 Å². The molecule has 1 aliphatic heterocycles. The summed E-state index contributed by atoms with van der Waals surface area (Å²) in [6.07, 6.45) is 0. The van der Waals surface area contributed by atoms with Crippen LogP contribution in [0.5, 0.6) is 11.5 Å². The number of hydrogen-bond acceptors (Lipinski definition) is 6. The Kier molecular flexibility index (Phi) is 5.72. The predicted octanol–water partition coefficient (Wildman–Crippen LogP) is 4.88. The molecule has 7 nitrogen and oxygen atoms in total. The minimum absolute atomic E-state index is 0.0672. The summed E-state index contributed by atoms with van der Waals surface area (Å²) in [5.74, 6) is -0.142. The molecule has 0 unspecified atom stereocenters. The minimum atomic E-state index is -0.791. The summed E-state index contributed by atoms with van der Waals surface area (Å²) in [5, 5.41) is 16.1. The smallest absolute Gasteiger partial charge is 0.338 e. The van der Waals surface area contributed by atoms with Gasteiger partial charge in [-0.05, 0) is 56.7 Å². The Morgan fingerprint density at radius 1 is 1.03 bits per heavy atom. The van der Waals surface area contributed by atoms with E-state index in [1.807, 2.05) is 31.2 Å². The number of phenols is 1. The van der Waals surface area contributed by atoms with Gasteiger partial charge >= 0.3 is 5.97 Å². The molecule has 7 heteroatoms. The minimum Gasteiger partial charge on any atom is -0.508 e. The normalized spacial score (nSPS) is 14.0. The van der Waals surface area contributed by atoms with Crippen LogP contribution in [0.2, 0.25) is 0 Å². The Bertz CT molecular complexity index is 1230. The summed E-state index contributed by atoms with van der Waals surface area (Å²) >= 11 is 0. The highest BCUT2D eigenvalue weighted by Crippen LogP contribution is 2.43. The quantitative estimate of drug-likeness (QED) is 0.484. The molecule has 1 heterocycles. The van der Waals surface area contributed by atoms with Gasteiger partial charge in [-0.15, -0.1) is 0 Å². The monoisotopic (exact) mass is 446 g/mol. The third-order valence-electron chi connectivity index (χ3n) is 5.68. The highest BCUT2D eigenvalue weighted by Gasteiger charge is 2.35. The zero-order valence-electron chi connectivity index (χ0n) is 19.0. The summed E-state index contributed by atoms with van der Waals surface area (Å²) < 4.78 is 11.1. The molecule has 0 aliphatic carbocycles. The van der Waals surface area contributed by atoms with E-state index >= 15 is 0 Å². The highest BCUT2D eigenvalue weighted by atomic mass is 16.5. The van der Waals surface area contributed by atoms with Crippen molar-refractivity contribution in [1.82, 2.24) is 0 Å². The number of benzene rings is 3. The molecule has 0 atom stereocenters. The van der Waals surface area contributed by atoms with Crippen molar-refractivity contribution in [2.45, 2.75) is 32.9 Å². The van der Waals surface area contributed by atoms with Gasteiger partial charge in [0.15, 0.2) is 0 Å². The largest absolute Gasteiger partial charge is 0.508 e. The Morgan fingerprint density at radius 2 is 1.73 bits per heavy atom. The van der Waals surface area contributed by atoms with Crippen LogP contribution in [-0.2, 0) is 16.1 Å². The summed E-state index contributed by atoms with van der Waals surface area (Å²) in [6, 6.07) is 15.7. The van der Waals surface area contributed by atoms with E-state index in [1.54, 1.807) is 38.1 Å². The van der Waals surface area contributed by atoms with Crippen LogP contribution >= 0.6 is 0 Å². The lowest BCUT2D eigenvalue weighted by molar-refractivity contribution is -0.119. The van der Waals surface area contributed by atoms with Crippen molar-refractivity contribution in [3.63, 3.8) is 0 Å². The van der Waals surface area contributed by atoms with Crippen LogP contribution in [0.4, 0.5) is 11.4 Å². The number of carbonyl (C=O) groups is 2. The maximum absolute atomic E-state index is 12.7. The van der Waals surface area contributed by atoms with Crippen molar-refractivity contribution >= 4 is 23.3 Å². The molecular weight excluding hydrogens is 420 g/mol. The summed E-state index contributed by atoms with van der Waals surface area (Å²) in [5.41, 5.74) is 3.99. The van der Waals surface area contributed by atoms with E-state index < -0.39 is 11.5 Å². The molecule has 0 aromatic heterocycles. The van der Waals surface area contributed by atoms with E-state index in [0.29, 0.717) is 33.7 Å². The lowest BCUT2D eigenvalue weighted by Gasteiger charge is -2.34. The summed E-state index contributed by atoms with van der Waals surface area (Å²) in [7, 11) is 1.51. The molecule has 1 aliphatic rings. The Labute approximate surface area is 192 Å². The van der Waals surface area contributed by atoms with Gasteiger partial charge in [-0.25, -0.2) is 4.79 Å². The van der Waals surface area contributed by atoms with Crippen molar-refractivity contribution in [3.8, 4) is 22.6 Å². The fraction of sp³-hybridized carbons (Fsp3) is 0.231. The van der Waals surface area contributed by atoms with Crippen molar-refractivity contribution in [3.05, 3.63) is 71.3 Å². The maximum atomic E-state index is 12.7. The van der Waals surface area contributed by atoms with Crippen molar-refractivity contribution in [1.29, 1.82) is 0 Å². The molecule has 0 saturated heterocycles. The Morgan fingerprint density at radius 3 is 2.42 bits per heavy atom.